The minimum Gasteiger partial charge on any atom is -0.368 e. The van der Waals surface area contributed by atoms with E-state index in [9.17, 15) is 0 Å². The van der Waals surface area contributed by atoms with Crippen molar-refractivity contribution in [2.24, 2.45) is 5.73 Å². The molecule has 1 heterocycles. The summed E-state index contributed by atoms with van der Waals surface area (Å²) in [6.07, 6.45) is 10.8. The van der Waals surface area contributed by atoms with E-state index in [0.717, 1.165) is 6.42 Å². The van der Waals surface area contributed by atoms with Gasteiger partial charge in [-0.15, -0.1) is 0 Å². The zero-order valence-corrected chi connectivity index (χ0v) is 6.75. The average molecular weight is 150 g/mol. The van der Waals surface area contributed by atoms with E-state index in [0.29, 0.717) is 0 Å². The molecule has 0 aromatic heterocycles. The first-order valence-corrected chi connectivity index (χ1v) is 3.89. The highest BCUT2D eigenvalue weighted by molar-refractivity contribution is 5.30. The van der Waals surface area contributed by atoms with E-state index in [1.54, 1.807) is 0 Å². The largest absolute Gasteiger partial charge is 0.368 e. The van der Waals surface area contributed by atoms with Crippen molar-refractivity contribution in [3.05, 3.63) is 36.2 Å². The van der Waals surface area contributed by atoms with Crippen LogP contribution in [0, 0.1) is 0 Å². The maximum absolute atomic E-state index is 5.84. The number of nitrogens with two attached hydrogens (primary N) is 1. The van der Waals surface area contributed by atoms with Crippen molar-refractivity contribution >= 4 is 0 Å². The Morgan fingerprint density at radius 2 is 2.36 bits per heavy atom. The molecule has 0 amide bonds. The van der Waals surface area contributed by atoms with Gasteiger partial charge in [-0.2, -0.15) is 0 Å². The topological polar surface area (TPSA) is 38.0 Å². The molecule has 0 aliphatic carbocycles. The van der Waals surface area contributed by atoms with Crippen molar-refractivity contribution in [2.45, 2.75) is 19.4 Å². The lowest BCUT2D eigenvalue weighted by atomic mass is 10.1. The Bertz CT molecular complexity index is 202. The van der Waals surface area contributed by atoms with E-state index in [2.05, 4.69) is 12.2 Å². The first kappa shape index (κ1) is 8.08. The Hall–Kier alpha value is -1.02. The number of nitrogens with one attached hydrogen (secondary N) is 1. The molecular formula is C9H14N2. The van der Waals surface area contributed by atoms with Crippen molar-refractivity contribution in [2.75, 3.05) is 0 Å². The molecule has 1 aliphatic heterocycles. The summed E-state index contributed by atoms with van der Waals surface area (Å²) in [5.74, 6) is 0. The molecule has 2 nitrogen and oxygen atoms in total. The zero-order valence-electron chi connectivity index (χ0n) is 6.75. The van der Waals surface area contributed by atoms with Gasteiger partial charge in [-0.3, -0.25) is 0 Å². The van der Waals surface area contributed by atoms with E-state index >= 15 is 0 Å². The van der Waals surface area contributed by atoms with Gasteiger partial charge >= 0.3 is 0 Å². The third-order valence-electron chi connectivity index (χ3n) is 1.72. The van der Waals surface area contributed by atoms with Gasteiger partial charge in [0, 0.05) is 18.4 Å². The Labute approximate surface area is 67.5 Å². The highest BCUT2D eigenvalue weighted by Crippen LogP contribution is 2.06. The summed E-state index contributed by atoms with van der Waals surface area (Å²) in [7, 11) is 0. The zero-order chi connectivity index (χ0) is 8.10. The lowest BCUT2D eigenvalue weighted by Gasteiger charge is -2.07. The Morgan fingerprint density at radius 3 is 3.09 bits per heavy atom. The average Bonchev–Trinajstić information content (AvgIpc) is 2.30. The summed E-state index contributed by atoms with van der Waals surface area (Å²) in [5, 5.41) is 2.99. The van der Waals surface area contributed by atoms with E-state index in [-0.39, 0.29) is 6.04 Å². The Kier molecular flexibility index (Phi) is 2.93. The van der Waals surface area contributed by atoms with Crippen LogP contribution in [-0.2, 0) is 0 Å². The first-order chi connectivity index (χ1) is 5.34. The third kappa shape index (κ3) is 2.24. The highest BCUT2D eigenvalue weighted by atomic mass is 14.8. The quantitative estimate of drug-likeness (QED) is 0.622. The lowest BCUT2D eigenvalue weighted by molar-refractivity contribution is 0.755. The van der Waals surface area contributed by atoms with Crippen LogP contribution in [0.2, 0.25) is 0 Å². The van der Waals surface area contributed by atoms with Crippen LogP contribution in [0.4, 0.5) is 0 Å². The second-order valence-electron chi connectivity index (χ2n) is 2.54. The molecule has 0 aromatic carbocycles. The summed E-state index contributed by atoms with van der Waals surface area (Å²) in [6.45, 7) is 2.08. The van der Waals surface area contributed by atoms with E-state index in [1.165, 1.54) is 5.57 Å². The smallest absolute Gasteiger partial charge is 0.0292 e. The summed E-state index contributed by atoms with van der Waals surface area (Å²) in [6, 6.07) is 0.163. The fourth-order valence-corrected chi connectivity index (χ4v) is 0.953. The van der Waals surface area contributed by atoms with Gasteiger partial charge in [-0.1, -0.05) is 13.0 Å². The van der Waals surface area contributed by atoms with Crippen LogP contribution in [0.15, 0.2) is 36.2 Å². The molecule has 0 saturated heterocycles. The van der Waals surface area contributed by atoms with Crippen LogP contribution < -0.4 is 11.1 Å². The third-order valence-corrected chi connectivity index (χ3v) is 1.72. The number of allylic oxidation sites excluding steroid dienone is 2. The number of rotatable bonds is 2. The van der Waals surface area contributed by atoms with Gasteiger partial charge in [-0.25, -0.2) is 0 Å². The summed E-state index contributed by atoms with van der Waals surface area (Å²) < 4.78 is 0. The fourth-order valence-electron chi connectivity index (χ4n) is 0.953. The molecule has 0 aromatic rings. The van der Waals surface area contributed by atoms with Gasteiger partial charge in [0.2, 0.25) is 0 Å². The van der Waals surface area contributed by atoms with Crippen LogP contribution in [-0.4, -0.2) is 6.04 Å². The predicted molar refractivity (Wildman–Crippen MR) is 47.8 cm³/mol. The van der Waals surface area contributed by atoms with Crippen LogP contribution in [0.1, 0.15) is 13.3 Å². The minimum absolute atomic E-state index is 0.163. The first-order valence-electron chi connectivity index (χ1n) is 3.89. The van der Waals surface area contributed by atoms with Crippen molar-refractivity contribution in [1.29, 1.82) is 0 Å². The maximum Gasteiger partial charge on any atom is 0.0292 e. The summed E-state index contributed by atoms with van der Waals surface area (Å²) >= 11 is 0. The van der Waals surface area contributed by atoms with Crippen LogP contribution in [0.25, 0.3) is 0 Å². The van der Waals surface area contributed by atoms with Crippen LogP contribution in [0.5, 0.6) is 0 Å². The molecular weight excluding hydrogens is 136 g/mol. The number of hydrogen-bond donors (Lipinski definition) is 2. The van der Waals surface area contributed by atoms with Crippen molar-refractivity contribution < 1.29 is 0 Å². The molecule has 60 valence electrons. The molecule has 1 atom stereocenters. The van der Waals surface area contributed by atoms with Crippen LogP contribution >= 0.6 is 0 Å². The van der Waals surface area contributed by atoms with Gasteiger partial charge in [0.1, 0.15) is 0 Å². The van der Waals surface area contributed by atoms with Crippen molar-refractivity contribution in [3.63, 3.8) is 0 Å². The predicted octanol–water partition coefficient (Wildman–Crippen LogP) is 1.28. The molecule has 2 heteroatoms. The fraction of sp³-hybridized carbons (Fsp3) is 0.333. The summed E-state index contributed by atoms with van der Waals surface area (Å²) in [5.41, 5.74) is 7.01. The second-order valence-corrected chi connectivity index (χ2v) is 2.54. The molecule has 1 rings (SSSR count). The van der Waals surface area contributed by atoms with Crippen molar-refractivity contribution in [3.8, 4) is 0 Å². The summed E-state index contributed by atoms with van der Waals surface area (Å²) in [4.78, 5) is 0. The molecule has 1 aliphatic rings. The van der Waals surface area contributed by atoms with Gasteiger partial charge < -0.3 is 11.1 Å². The minimum atomic E-state index is 0.163. The van der Waals surface area contributed by atoms with Gasteiger partial charge in [0.25, 0.3) is 0 Å². The second kappa shape index (κ2) is 3.98. The molecule has 1 unspecified atom stereocenters. The highest BCUT2D eigenvalue weighted by Gasteiger charge is 2.02. The molecule has 0 spiro atoms. The monoisotopic (exact) mass is 150 g/mol. The number of hydrogen-bond acceptors (Lipinski definition) is 2. The normalized spacial score (nSPS) is 18.5. The molecule has 0 bridgehead atoms. The van der Waals surface area contributed by atoms with Gasteiger partial charge in [0.15, 0.2) is 0 Å². The molecule has 3 N–H and O–H groups in total. The van der Waals surface area contributed by atoms with Crippen molar-refractivity contribution in [1.82, 2.24) is 5.32 Å². The van der Waals surface area contributed by atoms with Gasteiger partial charge in [0.05, 0.1) is 0 Å². The molecule has 0 saturated carbocycles. The Morgan fingerprint density at radius 1 is 1.55 bits per heavy atom. The van der Waals surface area contributed by atoms with E-state index < -0.39 is 0 Å². The van der Waals surface area contributed by atoms with E-state index in [1.807, 2.05) is 30.6 Å². The molecule has 0 fully saturated rings. The SMILES string of the molecule is CCC(N)C1=CC=CNC=C1. The maximum atomic E-state index is 5.84. The van der Waals surface area contributed by atoms with E-state index in [4.69, 9.17) is 5.73 Å². The Balaban J connectivity index is 2.68. The van der Waals surface area contributed by atoms with Gasteiger partial charge in [-0.05, 0) is 24.1 Å². The molecule has 0 radical (unpaired) electrons. The standard InChI is InChI=1S/C9H14N2/c1-2-9(10)8-4-3-6-11-7-5-8/h3-7,9,11H,2,10H2,1H3. The van der Waals surface area contributed by atoms with Crippen LogP contribution in [0.3, 0.4) is 0 Å². The molecule has 11 heavy (non-hydrogen) atoms. The lowest BCUT2D eigenvalue weighted by Crippen LogP contribution is -2.20.